The van der Waals surface area contributed by atoms with Crippen molar-refractivity contribution in [2.24, 2.45) is 10.7 Å². The normalized spacial score (nSPS) is 18.4. The molecule has 4 nitrogen and oxygen atoms in total. The lowest BCUT2D eigenvalue weighted by Gasteiger charge is -2.21. The van der Waals surface area contributed by atoms with Crippen molar-refractivity contribution in [3.8, 4) is 0 Å². The van der Waals surface area contributed by atoms with Gasteiger partial charge in [-0.15, -0.1) is 24.0 Å². The molecule has 3 rings (SSSR count). The molecule has 1 aromatic rings. The zero-order valence-electron chi connectivity index (χ0n) is 13.1. The highest BCUT2D eigenvalue weighted by Gasteiger charge is 2.11. The molecule has 1 aliphatic carbocycles. The van der Waals surface area contributed by atoms with E-state index in [2.05, 4.69) is 46.5 Å². The van der Waals surface area contributed by atoms with Gasteiger partial charge in [-0.2, -0.15) is 0 Å². The molecule has 3 N–H and O–H groups in total. The van der Waals surface area contributed by atoms with Crippen molar-refractivity contribution in [3.05, 3.63) is 41.0 Å². The Hall–Kier alpha value is -1.08. The molecule has 22 heavy (non-hydrogen) atoms. The molecule has 1 aliphatic heterocycles. The third-order valence-corrected chi connectivity index (χ3v) is 4.33. The Morgan fingerprint density at radius 2 is 2.09 bits per heavy atom. The highest BCUT2D eigenvalue weighted by atomic mass is 127. The van der Waals surface area contributed by atoms with Gasteiger partial charge in [-0.1, -0.05) is 17.7 Å². The molecule has 0 spiro atoms. The van der Waals surface area contributed by atoms with E-state index in [0.29, 0.717) is 12.5 Å². The molecule has 120 valence electrons. The summed E-state index contributed by atoms with van der Waals surface area (Å²) >= 11 is 0. The maximum absolute atomic E-state index is 6.00. The minimum atomic E-state index is 0. The summed E-state index contributed by atoms with van der Waals surface area (Å²) in [5.41, 5.74) is 11.4. The van der Waals surface area contributed by atoms with Crippen LogP contribution in [0, 0.1) is 0 Å². The van der Waals surface area contributed by atoms with Crippen LogP contribution >= 0.6 is 24.0 Å². The first-order chi connectivity index (χ1) is 10.2. The van der Waals surface area contributed by atoms with Crippen molar-refractivity contribution in [1.29, 1.82) is 0 Å². The van der Waals surface area contributed by atoms with Crippen LogP contribution in [0.1, 0.15) is 24.0 Å². The first-order valence-electron chi connectivity index (χ1n) is 7.76. The molecule has 2 aliphatic rings. The summed E-state index contributed by atoms with van der Waals surface area (Å²) in [4.78, 5) is 6.76. The molecule has 5 heteroatoms. The van der Waals surface area contributed by atoms with E-state index in [4.69, 9.17) is 5.73 Å². The van der Waals surface area contributed by atoms with E-state index in [-0.39, 0.29) is 24.0 Å². The minimum absolute atomic E-state index is 0. The fourth-order valence-corrected chi connectivity index (χ4v) is 2.98. The molecular weight excluding hydrogens is 387 g/mol. The van der Waals surface area contributed by atoms with Gasteiger partial charge in [0, 0.05) is 18.8 Å². The monoisotopic (exact) mass is 412 g/mol. The minimum Gasteiger partial charge on any atom is -0.370 e. The highest BCUT2D eigenvalue weighted by molar-refractivity contribution is 14.0. The molecule has 0 saturated heterocycles. The predicted octanol–water partition coefficient (Wildman–Crippen LogP) is 2.78. The number of guanidine groups is 1. The zero-order chi connectivity index (χ0) is 14.7. The Labute approximate surface area is 149 Å². The average Bonchev–Trinajstić information content (AvgIpc) is 2.94. The molecule has 0 atom stereocenters. The Balaban J connectivity index is 0.00000176. The summed E-state index contributed by atoms with van der Waals surface area (Å²) < 4.78 is 0. The number of nitrogens with zero attached hydrogens (tertiary/aromatic N) is 2. The molecule has 0 saturated carbocycles. The lowest BCUT2D eigenvalue weighted by atomic mass is 10.1. The van der Waals surface area contributed by atoms with Gasteiger partial charge in [0.25, 0.3) is 0 Å². The average molecular weight is 412 g/mol. The first-order valence-corrected chi connectivity index (χ1v) is 7.76. The largest absolute Gasteiger partial charge is 0.370 e. The number of rotatable bonds is 3. The van der Waals surface area contributed by atoms with E-state index < -0.39 is 0 Å². The van der Waals surface area contributed by atoms with Crippen molar-refractivity contribution >= 4 is 35.6 Å². The first kappa shape index (κ1) is 17.3. The van der Waals surface area contributed by atoms with Crippen molar-refractivity contribution < 1.29 is 0 Å². The van der Waals surface area contributed by atoms with Gasteiger partial charge in [-0.25, -0.2) is 4.99 Å². The molecule has 0 radical (unpaired) electrons. The summed E-state index contributed by atoms with van der Waals surface area (Å²) in [6.45, 7) is 2.83. The third-order valence-electron chi connectivity index (χ3n) is 4.33. The summed E-state index contributed by atoms with van der Waals surface area (Å²) in [5.74, 6) is 0.507. The van der Waals surface area contributed by atoms with Crippen LogP contribution in [0.2, 0.25) is 0 Å². The summed E-state index contributed by atoms with van der Waals surface area (Å²) in [7, 11) is 2.14. The lowest BCUT2D eigenvalue weighted by Crippen LogP contribution is -2.26. The Morgan fingerprint density at radius 1 is 1.27 bits per heavy atom. The molecule has 0 fully saturated rings. The van der Waals surface area contributed by atoms with Gasteiger partial charge in [0.2, 0.25) is 0 Å². The Morgan fingerprint density at radius 3 is 2.86 bits per heavy atom. The Bertz CT molecular complexity index is 580. The maximum atomic E-state index is 6.00. The highest BCUT2D eigenvalue weighted by Crippen LogP contribution is 2.24. The number of anilines is 1. The van der Waals surface area contributed by atoms with Gasteiger partial charge in [0.05, 0.1) is 6.54 Å². The van der Waals surface area contributed by atoms with Gasteiger partial charge in [0.1, 0.15) is 0 Å². The van der Waals surface area contributed by atoms with Gasteiger partial charge in [0.15, 0.2) is 5.96 Å². The van der Waals surface area contributed by atoms with E-state index >= 15 is 0 Å². The molecular formula is C17H25IN4. The lowest BCUT2D eigenvalue weighted by molar-refractivity contribution is 0.358. The number of likely N-dealkylation sites (N-methyl/N-ethyl adjacent to an activating group) is 1. The Kier molecular flexibility index (Phi) is 6.26. The van der Waals surface area contributed by atoms with E-state index in [1.807, 2.05) is 0 Å². The smallest absolute Gasteiger partial charge is 0.193 e. The fraction of sp³-hybridized carbons (Fsp3) is 0.471. The molecule has 1 aromatic carbocycles. The summed E-state index contributed by atoms with van der Waals surface area (Å²) in [6, 6.07) is 6.51. The summed E-state index contributed by atoms with van der Waals surface area (Å²) in [5, 5.41) is 3.21. The van der Waals surface area contributed by atoms with Crippen LogP contribution in [0.4, 0.5) is 5.69 Å². The number of halogens is 1. The van der Waals surface area contributed by atoms with Crippen LogP contribution in [0.25, 0.3) is 0 Å². The number of nitrogens with two attached hydrogens (primary N) is 1. The fourth-order valence-electron chi connectivity index (χ4n) is 2.98. The number of aryl methyl sites for hydroxylation is 2. The van der Waals surface area contributed by atoms with E-state index in [1.54, 1.807) is 0 Å². The number of fused-ring (bicyclic) bond motifs is 1. The van der Waals surface area contributed by atoms with Gasteiger partial charge < -0.3 is 16.0 Å². The second-order valence-corrected chi connectivity index (χ2v) is 6.04. The van der Waals surface area contributed by atoms with Crippen LogP contribution in [0.5, 0.6) is 0 Å². The van der Waals surface area contributed by atoms with Gasteiger partial charge in [-0.3, -0.25) is 0 Å². The summed E-state index contributed by atoms with van der Waals surface area (Å²) in [6.07, 6.45) is 7.01. The van der Waals surface area contributed by atoms with E-state index in [9.17, 15) is 0 Å². The molecule has 0 unspecified atom stereocenters. The SMILES string of the molecule is CN1CC=C(CN=C(N)Nc2ccc3c(c2)CCC3)CC1.I. The molecule has 1 heterocycles. The van der Waals surface area contributed by atoms with E-state index in [0.717, 1.165) is 25.2 Å². The number of nitrogens with one attached hydrogen (secondary N) is 1. The number of benzene rings is 1. The number of hydrogen-bond donors (Lipinski definition) is 2. The van der Waals surface area contributed by atoms with Crippen LogP contribution in [0.15, 0.2) is 34.8 Å². The molecule has 0 aromatic heterocycles. The van der Waals surface area contributed by atoms with Crippen LogP contribution in [0.3, 0.4) is 0 Å². The maximum Gasteiger partial charge on any atom is 0.193 e. The van der Waals surface area contributed by atoms with Crippen molar-refractivity contribution in [3.63, 3.8) is 0 Å². The second-order valence-electron chi connectivity index (χ2n) is 6.04. The van der Waals surface area contributed by atoms with Gasteiger partial charge >= 0.3 is 0 Å². The number of hydrogen-bond acceptors (Lipinski definition) is 2. The van der Waals surface area contributed by atoms with Crippen LogP contribution in [-0.2, 0) is 12.8 Å². The van der Waals surface area contributed by atoms with Crippen LogP contribution < -0.4 is 11.1 Å². The van der Waals surface area contributed by atoms with Crippen molar-refractivity contribution in [2.75, 3.05) is 32.0 Å². The van der Waals surface area contributed by atoms with Crippen LogP contribution in [-0.4, -0.2) is 37.5 Å². The predicted molar refractivity (Wildman–Crippen MR) is 104 cm³/mol. The number of aliphatic imine (C=N–C) groups is 1. The third kappa shape index (κ3) is 4.46. The zero-order valence-corrected chi connectivity index (χ0v) is 15.5. The quantitative estimate of drug-likeness (QED) is 0.348. The topological polar surface area (TPSA) is 53.6 Å². The van der Waals surface area contributed by atoms with Crippen molar-refractivity contribution in [2.45, 2.75) is 25.7 Å². The van der Waals surface area contributed by atoms with Gasteiger partial charge in [-0.05, 0) is 56.0 Å². The second kappa shape index (κ2) is 7.97. The van der Waals surface area contributed by atoms with E-state index in [1.165, 1.54) is 36.0 Å². The van der Waals surface area contributed by atoms with Crippen molar-refractivity contribution in [1.82, 2.24) is 4.90 Å². The molecule has 0 bridgehead atoms. The standard InChI is InChI=1S/C17H24N4.HI/c1-21-9-7-13(8-10-21)12-19-17(18)20-16-6-5-14-3-2-4-15(14)11-16;/h5-7,11H,2-4,8-10,12H2,1H3,(H3,18,19,20);1H. The molecule has 0 amide bonds.